The maximum absolute atomic E-state index is 4.94. The highest BCUT2D eigenvalue weighted by molar-refractivity contribution is 4.56. The van der Waals surface area contributed by atoms with Crippen LogP contribution in [0.25, 0.3) is 0 Å². The average Bonchev–Trinajstić information content (AvgIpc) is 1.72. The second-order valence-electron chi connectivity index (χ2n) is 1.53. The smallest absolute Gasteiger partial charge is 0.0111 e. The first-order valence-electron chi connectivity index (χ1n) is 2.43. The summed E-state index contributed by atoms with van der Waals surface area (Å²) in [6.45, 7) is 2.84. The van der Waals surface area contributed by atoms with Gasteiger partial charge in [-0.2, -0.15) is 6.42 Å². The van der Waals surface area contributed by atoms with Crippen LogP contribution in [-0.4, -0.2) is 6.61 Å². The summed E-state index contributed by atoms with van der Waals surface area (Å²) in [4.78, 5) is 0. The van der Waals surface area contributed by atoms with Crippen LogP contribution < -0.4 is 0 Å². The molecule has 1 aliphatic rings. The Morgan fingerprint density at radius 2 is 2.33 bits per heavy atom. The lowest BCUT2D eigenvalue weighted by atomic mass is 10.2. The van der Waals surface area contributed by atoms with Gasteiger partial charge in [-0.05, 0) is 6.42 Å². The predicted molar refractivity (Wildman–Crippen MR) is 24.1 cm³/mol. The molecule has 0 atom stereocenters. The molecule has 0 saturated carbocycles. The van der Waals surface area contributed by atoms with Crippen LogP contribution in [0.5, 0.6) is 0 Å². The molecule has 0 N–H and O–H groups in total. The molecule has 1 heteroatoms. The number of rotatable bonds is 0. The lowest BCUT2D eigenvalue weighted by Crippen LogP contribution is -1.97. The maximum Gasteiger partial charge on any atom is 0.0111 e. The summed E-state index contributed by atoms with van der Waals surface area (Å²) in [6.07, 6.45) is 3.72. The molecule has 0 amide bonds. The molecule has 0 aliphatic carbocycles. The van der Waals surface area contributed by atoms with Crippen molar-refractivity contribution in [3.8, 4) is 0 Å². The van der Waals surface area contributed by atoms with E-state index >= 15 is 0 Å². The molecule has 0 unspecified atom stereocenters. The van der Waals surface area contributed by atoms with E-state index in [0.717, 1.165) is 13.0 Å². The molecular weight excluding hydrogens is 76.1 g/mol. The van der Waals surface area contributed by atoms with Gasteiger partial charge in [0.25, 0.3) is 0 Å². The molecule has 1 rings (SSSR count). The van der Waals surface area contributed by atoms with Crippen LogP contribution in [-0.2, 0) is 4.74 Å². The zero-order valence-electron chi connectivity index (χ0n) is 3.81. The fourth-order valence-corrected chi connectivity index (χ4v) is 0.580. The van der Waals surface area contributed by atoms with Crippen LogP contribution >= 0.6 is 0 Å². The van der Waals surface area contributed by atoms with E-state index in [1.807, 2.05) is 6.61 Å². The zero-order chi connectivity index (χ0) is 4.24. The third-order valence-electron chi connectivity index (χ3n) is 0.952. The van der Waals surface area contributed by atoms with Crippen molar-refractivity contribution in [2.75, 3.05) is 6.61 Å². The van der Waals surface area contributed by atoms with E-state index in [2.05, 4.69) is 0 Å². The third-order valence-corrected chi connectivity index (χ3v) is 0.952. The lowest BCUT2D eigenvalue weighted by molar-refractivity contribution is 0.156. The summed E-state index contributed by atoms with van der Waals surface area (Å²) in [6, 6.07) is 0. The SMILES string of the molecule is [CH-]1CCCCO1. The monoisotopic (exact) mass is 85.1 g/mol. The molecule has 0 aromatic carbocycles. The van der Waals surface area contributed by atoms with Crippen molar-refractivity contribution in [1.29, 1.82) is 0 Å². The summed E-state index contributed by atoms with van der Waals surface area (Å²) in [5.74, 6) is 0. The highest BCUT2D eigenvalue weighted by atomic mass is 16.5. The van der Waals surface area contributed by atoms with E-state index in [1.54, 1.807) is 0 Å². The van der Waals surface area contributed by atoms with E-state index in [4.69, 9.17) is 4.74 Å². The van der Waals surface area contributed by atoms with Crippen molar-refractivity contribution in [2.45, 2.75) is 19.3 Å². The first-order valence-corrected chi connectivity index (χ1v) is 2.43. The highest BCUT2D eigenvalue weighted by Gasteiger charge is 1.85. The van der Waals surface area contributed by atoms with Gasteiger partial charge in [0.2, 0.25) is 0 Å². The molecule has 0 aromatic heterocycles. The van der Waals surface area contributed by atoms with E-state index in [9.17, 15) is 0 Å². The molecule has 1 nitrogen and oxygen atoms in total. The van der Waals surface area contributed by atoms with Gasteiger partial charge in [0.15, 0.2) is 0 Å². The Labute approximate surface area is 38.3 Å². The van der Waals surface area contributed by atoms with E-state index in [0.29, 0.717) is 0 Å². The van der Waals surface area contributed by atoms with E-state index in [1.165, 1.54) is 12.8 Å². The number of hydrogen-bond acceptors (Lipinski definition) is 1. The number of hydrogen-bond donors (Lipinski definition) is 0. The summed E-state index contributed by atoms with van der Waals surface area (Å²) in [7, 11) is 0. The normalized spacial score (nSPS) is 24.0. The Morgan fingerprint density at radius 1 is 1.33 bits per heavy atom. The number of ether oxygens (including phenoxy) is 1. The Bertz CT molecular complexity index is 19.4. The molecule has 0 aromatic rings. The fraction of sp³-hybridized carbons (Fsp3) is 0.800. The zero-order valence-corrected chi connectivity index (χ0v) is 3.81. The third kappa shape index (κ3) is 0.977. The van der Waals surface area contributed by atoms with Crippen molar-refractivity contribution >= 4 is 0 Å². The minimum atomic E-state index is 0.944. The Hall–Kier alpha value is -0.0400. The minimum Gasteiger partial charge on any atom is -0.552 e. The molecule has 0 spiro atoms. The summed E-state index contributed by atoms with van der Waals surface area (Å²) in [5, 5.41) is 0. The van der Waals surface area contributed by atoms with Gasteiger partial charge in [-0.3, -0.25) is 0 Å². The molecule has 0 radical (unpaired) electrons. The fourth-order valence-electron chi connectivity index (χ4n) is 0.580. The maximum atomic E-state index is 4.94. The minimum absolute atomic E-state index is 0.944. The van der Waals surface area contributed by atoms with Crippen LogP contribution in [0.2, 0.25) is 0 Å². The van der Waals surface area contributed by atoms with Crippen LogP contribution in [0, 0.1) is 6.61 Å². The molecule has 1 heterocycles. The van der Waals surface area contributed by atoms with Gasteiger partial charge in [0, 0.05) is 6.61 Å². The second-order valence-corrected chi connectivity index (χ2v) is 1.53. The standard InChI is InChI=1S/C5H9O/c1-2-4-6-5-3-1/h4H,1-3,5H2/q-1. The van der Waals surface area contributed by atoms with Crippen molar-refractivity contribution in [3.63, 3.8) is 0 Å². The lowest BCUT2D eigenvalue weighted by Gasteiger charge is -2.19. The van der Waals surface area contributed by atoms with Crippen LogP contribution in [0.15, 0.2) is 0 Å². The molecule has 1 aliphatic heterocycles. The molecule has 6 heavy (non-hydrogen) atoms. The van der Waals surface area contributed by atoms with Crippen molar-refractivity contribution in [1.82, 2.24) is 0 Å². The van der Waals surface area contributed by atoms with Gasteiger partial charge in [-0.1, -0.05) is 6.42 Å². The molecule has 0 bridgehead atoms. The van der Waals surface area contributed by atoms with Gasteiger partial charge >= 0.3 is 0 Å². The van der Waals surface area contributed by atoms with Crippen LogP contribution in [0.3, 0.4) is 0 Å². The predicted octanol–water partition coefficient (Wildman–Crippen LogP) is 1.35. The molecular formula is C5H9O-. The van der Waals surface area contributed by atoms with Crippen LogP contribution in [0.1, 0.15) is 19.3 Å². The Kier molecular flexibility index (Phi) is 1.51. The summed E-state index contributed by atoms with van der Waals surface area (Å²) in [5.41, 5.74) is 0. The summed E-state index contributed by atoms with van der Waals surface area (Å²) >= 11 is 0. The largest absolute Gasteiger partial charge is 0.552 e. The summed E-state index contributed by atoms with van der Waals surface area (Å²) < 4.78 is 4.94. The van der Waals surface area contributed by atoms with Crippen molar-refractivity contribution in [2.24, 2.45) is 0 Å². The van der Waals surface area contributed by atoms with Crippen LogP contribution in [0.4, 0.5) is 0 Å². The molecule has 1 saturated heterocycles. The quantitative estimate of drug-likeness (QED) is 0.403. The van der Waals surface area contributed by atoms with Crippen molar-refractivity contribution < 1.29 is 4.74 Å². The van der Waals surface area contributed by atoms with E-state index < -0.39 is 0 Å². The first-order chi connectivity index (χ1) is 3.00. The molecule has 36 valence electrons. The average molecular weight is 85.1 g/mol. The highest BCUT2D eigenvalue weighted by Crippen LogP contribution is 2.06. The van der Waals surface area contributed by atoms with Gasteiger partial charge < -0.3 is 4.74 Å². The van der Waals surface area contributed by atoms with Gasteiger partial charge in [-0.25, -0.2) is 6.61 Å². The van der Waals surface area contributed by atoms with E-state index in [-0.39, 0.29) is 0 Å². The van der Waals surface area contributed by atoms with Gasteiger partial charge in [0.05, 0.1) is 0 Å². The Morgan fingerprint density at radius 3 is 2.50 bits per heavy atom. The topological polar surface area (TPSA) is 9.23 Å². The van der Waals surface area contributed by atoms with Gasteiger partial charge in [0.1, 0.15) is 0 Å². The molecule has 1 fully saturated rings. The van der Waals surface area contributed by atoms with Crippen molar-refractivity contribution in [3.05, 3.63) is 6.61 Å². The van der Waals surface area contributed by atoms with Gasteiger partial charge in [-0.15, -0.1) is 0 Å². The Balaban J connectivity index is 2.00. The second kappa shape index (κ2) is 2.19. The first kappa shape index (κ1) is 4.13.